The minimum absolute atomic E-state index is 0.00677. The van der Waals surface area contributed by atoms with E-state index in [1.807, 2.05) is 6.92 Å². The number of hydrogen-bond acceptors (Lipinski definition) is 6. The third-order valence-corrected chi connectivity index (χ3v) is 4.75. The Balaban J connectivity index is 1.98. The lowest BCUT2D eigenvalue weighted by atomic mass is 10.0. The molecule has 5 atom stereocenters. The number of rotatable bonds is 13. The van der Waals surface area contributed by atoms with Crippen molar-refractivity contribution in [3.63, 3.8) is 0 Å². The predicted molar refractivity (Wildman–Crippen MR) is 98.5 cm³/mol. The van der Waals surface area contributed by atoms with E-state index in [0.29, 0.717) is 13.0 Å². The second-order valence-electron chi connectivity index (χ2n) is 7.26. The Labute approximate surface area is 157 Å². The van der Waals surface area contributed by atoms with Crippen LogP contribution in [0.2, 0.25) is 0 Å². The molecule has 26 heavy (non-hydrogen) atoms. The zero-order valence-electron chi connectivity index (χ0n) is 16.2. The first-order chi connectivity index (χ1) is 12.4. The van der Waals surface area contributed by atoms with Gasteiger partial charge in [-0.25, -0.2) is 0 Å². The minimum atomic E-state index is -0.779. The van der Waals surface area contributed by atoms with Crippen molar-refractivity contribution in [3.05, 3.63) is 0 Å². The van der Waals surface area contributed by atoms with E-state index < -0.39 is 18.5 Å². The standard InChI is InChI=1S/C19H37NO6/c1-14(25-19-17(23)13-16(22)15(2)26-19)9-7-5-3-4-6-8-10-18(24)20-11-12-21/h14-17,19,21-23H,3-13H2,1-2H3,(H,20,24)/t14-,15+,16-,17-,19-/m1/s1. The first kappa shape index (κ1) is 23.3. The number of carbonyl (C=O) groups excluding carboxylic acids is 1. The van der Waals surface area contributed by atoms with Crippen LogP contribution >= 0.6 is 0 Å². The first-order valence-corrected chi connectivity index (χ1v) is 9.98. The van der Waals surface area contributed by atoms with Crippen molar-refractivity contribution in [2.75, 3.05) is 13.2 Å². The SMILES string of the molecule is C[C@H](CCCCCCCCC(=O)NCCO)O[C@@H]1O[C@@H](C)[C@H](O)C[C@H]1O. The van der Waals surface area contributed by atoms with Crippen molar-refractivity contribution in [1.82, 2.24) is 5.32 Å². The molecule has 0 aliphatic carbocycles. The van der Waals surface area contributed by atoms with E-state index in [4.69, 9.17) is 14.6 Å². The number of nitrogens with one attached hydrogen (secondary N) is 1. The molecule has 0 spiro atoms. The van der Waals surface area contributed by atoms with Crippen LogP contribution in [-0.4, -0.2) is 65.1 Å². The number of ether oxygens (including phenoxy) is 2. The van der Waals surface area contributed by atoms with Gasteiger partial charge in [0.25, 0.3) is 0 Å². The molecule has 1 saturated heterocycles. The normalized spacial score (nSPS) is 27.3. The van der Waals surface area contributed by atoms with Crippen LogP contribution in [0.3, 0.4) is 0 Å². The van der Waals surface area contributed by atoms with Crippen LogP contribution in [0.5, 0.6) is 0 Å². The number of amides is 1. The van der Waals surface area contributed by atoms with Crippen molar-refractivity contribution in [1.29, 1.82) is 0 Å². The molecule has 1 aliphatic rings. The fraction of sp³-hybridized carbons (Fsp3) is 0.947. The van der Waals surface area contributed by atoms with Gasteiger partial charge in [0.2, 0.25) is 5.91 Å². The zero-order valence-corrected chi connectivity index (χ0v) is 16.2. The molecule has 1 rings (SSSR count). The van der Waals surface area contributed by atoms with Crippen LogP contribution in [0.4, 0.5) is 0 Å². The van der Waals surface area contributed by atoms with Crippen molar-refractivity contribution >= 4 is 5.91 Å². The third-order valence-electron chi connectivity index (χ3n) is 4.75. The molecule has 154 valence electrons. The second kappa shape index (κ2) is 13.4. The Bertz CT molecular complexity index is 381. The summed E-state index contributed by atoms with van der Waals surface area (Å²) in [5.41, 5.74) is 0. The lowest BCUT2D eigenvalue weighted by Crippen LogP contribution is -2.48. The molecule has 4 N–H and O–H groups in total. The summed E-state index contributed by atoms with van der Waals surface area (Å²) in [6.45, 7) is 4.09. The Morgan fingerprint density at radius 1 is 1.15 bits per heavy atom. The molecule has 0 aromatic rings. The first-order valence-electron chi connectivity index (χ1n) is 9.98. The molecule has 7 heteroatoms. The number of hydrogen-bond donors (Lipinski definition) is 4. The van der Waals surface area contributed by atoms with Gasteiger partial charge in [-0.2, -0.15) is 0 Å². The molecule has 0 bridgehead atoms. The molecule has 7 nitrogen and oxygen atoms in total. The van der Waals surface area contributed by atoms with Gasteiger partial charge in [-0.05, 0) is 26.7 Å². The van der Waals surface area contributed by atoms with E-state index in [0.717, 1.165) is 44.9 Å². The van der Waals surface area contributed by atoms with Gasteiger partial charge < -0.3 is 30.1 Å². The van der Waals surface area contributed by atoms with Crippen LogP contribution < -0.4 is 5.32 Å². The van der Waals surface area contributed by atoms with Gasteiger partial charge in [-0.1, -0.05) is 32.1 Å². The molecule has 1 heterocycles. The topological polar surface area (TPSA) is 108 Å². The van der Waals surface area contributed by atoms with Gasteiger partial charge in [0, 0.05) is 19.4 Å². The average molecular weight is 376 g/mol. The van der Waals surface area contributed by atoms with Gasteiger partial charge in [0.1, 0.15) is 6.10 Å². The molecule has 1 fully saturated rings. The van der Waals surface area contributed by atoms with Gasteiger partial charge in [-0.3, -0.25) is 4.79 Å². The smallest absolute Gasteiger partial charge is 0.220 e. The summed E-state index contributed by atoms with van der Waals surface area (Å²) in [5.74, 6) is 0.0129. The molecular weight excluding hydrogens is 338 g/mol. The minimum Gasteiger partial charge on any atom is -0.395 e. The predicted octanol–water partition coefficient (Wildman–Crippen LogP) is 1.48. The Kier molecular flexibility index (Phi) is 12.0. The van der Waals surface area contributed by atoms with Crippen LogP contribution in [0, 0.1) is 0 Å². The molecule has 0 radical (unpaired) electrons. The maximum atomic E-state index is 11.4. The summed E-state index contributed by atoms with van der Waals surface area (Å²) >= 11 is 0. The fourth-order valence-corrected chi connectivity index (χ4v) is 3.07. The number of carbonyl (C=O) groups is 1. The fourth-order valence-electron chi connectivity index (χ4n) is 3.07. The summed E-state index contributed by atoms with van der Waals surface area (Å²) in [5, 5.41) is 30.9. The maximum Gasteiger partial charge on any atom is 0.220 e. The second-order valence-corrected chi connectivity index (χ2v) is 7.26. The number of aliphatic hydroxyl groups is 3. The van der Waals surface area contributed by atoms with Crippen molar-refractivity contribution in [2.45, 2.75) is 102 Å². The van der Waals surface area contributed by atoms with Gasteiger partial charge in [0.05, 0.1) is 24.9 Å². The van der Waals surface area contributed by atoms with E-state index in [-0.39, 0.29) is 31.1 Å². The molecule has 1 aliphatic heterocycles. The summed E-state index contributed by atoms with van der Waals surface area (Å²) in [4.78, 5) is 11.4. The average Bonchev–Trinajstić information content (AvgIpc) is 2.60. The highest BCUT2D eigenvalue weighted by atomic mass is 16.7. The summed E-state index contributed by atoms with van der Waals surface area (Å²) in [7, 11) is 0. The van der Waals surface area contributed by atoms with E-state index in [1.54, 1.807) is 6.92 Å². The summed E-state index contributed by atoms with van der Waals surface area (Å²) < 4.78 is 11.3. The van der Waals surface area contributed by atoms with E-state index in [2.05, 4.69) is 5.32 Å². The summed E-state index contributed by atoms with van der Waals surface area (Å²) in [6.07, 6.45) is 5.70. The largest absolute Gasteiger partial charge is 0.395 e. The molecule has 1 amide bonds. The van der Waals surface area contributed by atoms with Crippen LogP contribution in [0.1, 0.15) is 71.6 Å². The van der Waals surface area contributed by atoms with Gasteiger partial charge >= 0.3 is 0 Å². The van der Waals surface area contributed by atoms with Gasteiger partial charge in [-0.15, -0.1) is 0 Å². The number of unbranched alkanes of at least 4 members (excludes halogenated alkanes) is 5. The monoisotopic (exact) mass is 375 g/mol. The molecule has 0 aromatic heterocycles. The number of aliphatic hydroxyl groups excluding tert-OH is 3. The Morgan fingerprint density at radius 2 is 1.81 bits per heavy atom. The lowest BCUT2D eigenvalue weighted by Gasteiger charge is -2.36. The maximum absolute atomic E-state index is 11.4. The van der Waals surface area contributed by atoms with Crippen LogP contribution in [-0.2, 0) is 14.3 Å². The Morgan fingerprint density at radius 3 is 2.50 bits per heavy atom. The van der Waals surface area contributed by atoms with Crippen molar-refractivity contribution in [3.8, 4) is 0 Å². The Hall–Kier alpha value is -0.730. The molecule has 0 aromatic carbocycles. The molecule has 0 unspecified atom stereocenters. The quantitative estimate of drug-likeness (QED) is 0.363. The summed E-state index contributed by atoms with van der Waals surface area (Å²) in [6, 6.07) is 0. The van der Waals surface area contributed by atoms with E-state index in [9.17, 15) is 15.0 Å². The van der Waals surface area contributed by atoms with Gasteiger partial charge in [0.15, 0.2) is 6.29 Å². The highest BCUT2D eigenvalue weighted by molar-refractivity contribution is 5.75. The van der Waals surface area contributed by atoms with Crippen LogP contribution in [0.15, 0.2) is 0 Å². The van der Waals surface area contributed by atoms with Crippen molar-refractivity contribution in [2.24, 2.45) is 0 Å². The van der Waals surface area contributed by atoms with Crippen molar-refractivity contribution < 1.29 is 29.6 Å². The highest BCUT2D eigenvalue weighted by Gasteiger charge is 2.35. The van der Waals surface area contributed by atoms with Crippen LogP contribution in [0.25, 0.3) is 0 Å². The lowest BCUT2D eigenvalue weighted by molar-refractivity contribution is -0.273. The molecule has 0 saturated carbocycles. The van der Waals surface area contributed by atoms with E-state index >= 15 is 0 Å². The highest BCUT2D eigenvalue weighted by Crippen LogP contribution is 2.23. The zero-order chi connectivity index (χ0) is 19.4. The third kappa shape index (κ3) is 9.83. The molecular formula is C19H37NO6. The van der Waals surface area contributed by atoms with E-state index in [1.165, 1.54) is 0 Å².